The topological polar surface area (TPSA) is 91.3 Å². The Morgan fingerprint density at radius 1 is 1.38 bits per heavy atom. The fourth-order valence-corrected chi connectivity index (χ4v) is 2.70. The number of rotatable bonds is 8. The molecule has 3 N–H and O–H groups in total. The maximum absolute atomic E-state index is 11.8. The smallest absolute Gasteiger partial charge is 0.315 e. The standard InChI is InChI=1S/C14H23N3O3S/c1-4-11-8-15-13(21-11)10(3)17-14(20)16-9(2)6-5-7-12(18)19/h8-10H,4-7H2,1-3H3,(H,18,19)(H2,16,17,20). The molecule has 1 aromatic heterocycles. The summed E-state index contributed by atoms with van der Waals surface area (Å²) >= 11 is 1.60. The largest absolute Gasteiger partial charge is 0.481 e. The molecule has 2 atom stereocenters. The van der Waals surface area contributed by atoms with E-state index in [1.54, 1.807) is 11.3 Å². The highest BCUT2D eigenvalue weighted by atomic mass is 32.1. The van der Waals surface area contributed by atoms with Gasteiger partial charge in [0.1, 0.15) is 5.01 Å². The van der Waals surface area contributed by atoms with Crippen molar-refractivity contribution in [1.82, 2.24) is 15.6 Å². The second-order valence-electron chi connectivity index (χ2n) is 5.04. The number of urea groups is 1. The van der Waals surface area contributed by atoms with Crippen LogP contribution in [0.15, 0.2) is 6.20 Å². The van der Waals surface area contributed by atoms with Gasteiger partial charge in [-0.3, -0.25) is 4.79 Å². The molecular formula is C14H23N3O3S. The predicted octanol–water partition coefficient (Wildman–Crippen LogP) is 2.71. The van der Waals surface area contributed by atoms with Crippen LogP contribution >= 0.6 is 11.3 Å². The molecule has 118 valence electrons. The number of carbonyl (C=O) groups excluding carboxylic acids is 1. The molecule has 0 aliphatic carbocycles. The van der Waals surface area contributed by atoms with Crippen molar-refractivity contribution in [1.29, 1.82) is 0 Å². The van der Waals surface area contributed by atoms with Gasteiger partial charge in [-0.15, -0.1) is 11.3 Å². The second kappa shape index (κ2) is 8.61. The molecule has 21 heavy (non-hydrogen) atoms. The zero-order valence-electron chi connectivity index (χ0n) is 12.7. The number of carboxylic acid groups (broad SMARTS) is 1. The molecule has 0 saturated heterocycles. The van der Waals surface area contributed by atoms with Crippen LogP contribution in [0.4, 0.5) is 4.79 Å². The summed E-state index contributed by atoms with van der Waals surface area (Å²) in [5, 5.41) is 15.1. The van der Waals surface area contributed by atoms with Crippen LogP contribution in [0.1, 0.15) is 56.0 Å². The van der Waals surface area contributed by atoms with Crippen molar-refractivity contribution in [2.45, 2.75) is 58.5 Å². The highest BCUT2D eigenvalue weighted by Gasteiger charge is 2.14. The number of carboxylic acids is 1. The molecule has 2 amide bonds. The van der Waals surface area contributed by atoms with Crippen LogP contribution in [0.5, 0.6) is 0 Å². The SMILES string of the molecule is CCc1cnc(C(C)NC(=O)NC(C)CCCC(=O)O)s1. The lowest BCUT2D eigenvalue weighted by Crippen LogP contribution is -2.41. The lowest BCUT2D eigenvalue weighted by molar-refractivity contribution is -0.137. The Balaban J connectivity index is 2.33. The van der Waals surface area contributed by atoms with E-state index in [1.807, 2.05) is 20.0 Å². The summed E-state index contributed by atoms with van der Waals surface area (Å²) in [7, 11) is 0. The first-order chi connectivity index (χ1) is 9.92. The number of carbonyl (C=O) groups is 2. The Morgan fingerprint density at radius 2 is 2.10 bits per heavy atom. The Labute approximate surface area is 129 Å². The van der Waals surface area contributed by atoms with Gasteiger partial charge >= 0.3 is 12.0 Å². The average Bonchev–Trinajstić information content (AvgIpc) is 2.86. The minimum absolute atomic E-state index is 0.0564. The van der Waals surface area contributed by atoms with E-state index >= 15 is 0 Å². The van der Waals surface area contributed by atoms with E-state index in [1.165, 1.54) is 4.88 Å². The summed E-state index contributed by atoms with van der Waals surface area (Å²) in [6.07, 6.45) is 4.11. The number of nitrogens with zero attached hydrogens (tertiary/aromatic N) is 1. The van der Waals surface area contributed by atoms with Crippen molar-refractivity contribution >= 4 is 23.3 Å². The van der Waals surface area contributed by atoms with Crippen LogP contribution in [0.3, 0.4) is 0 Å². The Bertz CT molecular complexity index is 476. The summed E-state index contributed by atoms with van der Waals surface area (Å²) in [5.41, 5.74) is 0. The first-order valence-corrected chi connectivity index (χ1v) is 7.97. The molecule has 0 radical (unpaired) electrons. The van der Waals surface area contributed by atoms with Crippen LogP contribution in [0.25, 0.3) is 0 Å². The van der Waals surface area contributed by atoms with Gasteiger partial charge in [-0.05, 0) is 33.1 Å². The van der Waals surface area contributed by atoms with Gasteiger partial charge in [-0.2, -0.15) is 0 Å². The van der Waals surface area contributed by atoms with Crippen molar-refractivity contribution in [2.24, 2.45) is 0 Å². The van der Waals surface area contributed by atoms with Gasteiger partial charge in [-0.1, -0.05) is 6.92 Å². The molecule has 7 heteroatoms. The monoisotopic (exact) mass is 313 g/mol. The molecule has 1 aromatic rings. The minimum Gasteiger partial charge on any atom is -0.481 e. The number of hydrogen-bond acceptors (Lipinski definition) is 4. The fraction of sp³-hybridized carbons (Fsp3) is 0.643. The average molecular weight is 313 g/mol. The quantitative estimate of drug-likeness (QED) is 0.688. The van der Waals surface area contributed by atoms with Crippen molar-refractivity contribution < 1.29 is 14.7 Å². The third-order valence-corrected chi connectivity index (χ3v) is 4.37. The normalized spacial score (nSPS) is 13.5. The Hall–Kier alpha value is -1.63. The van der Waals surface area contributed by atoms with E-state index in [2.05, 4.69) is 22.5 Å². The molecule has 0 bridgehead atoms. The van der Waals surface area contributed by atoms with E-state index in [9.17, 15) is 9.59 Å². The maximum Gasteiger partial charge on any atom is 0.315 e. The summed E-state index contributed by atoms with van der Waals surface area (Å²) < 4.78 is 0. The first-order valence-electron chi connectivity index (χ1n) is 7.15. The summed E-state index contributed by atoms with van der Waals surface area (Å²) in [4.78, 5) is 27.8. The fourth-order valence-electron chi connectivity index (χ4n) is 1.84. The number of hydrogen-bond donors (Lipinski definition) is 3. The van der Waals surface area contributed by atoms with Crippen molar-refractivity contribution in [3.63, 3.8) is 0 Å². The molecule has 2 unspecified atom stereocenters. The highest BCUT2D eigenvalue weighted by molar-refractivity contribution is 7.11. The van der Waals surface area contributed by atoms with Crippen LogP contribution < -0.4 is 10.6 Å². The van der Waals surface area contributed by atoms with Crippen molar-refractivity contribution in [2.75, 3.05) is 0 Å². The lowest BCUT2D eigenvalue weighted by atomic mass is 10.1. The van der Waals surface area contributed by atoms with E-state index < -0.39 is 5.97 Å². The summed E-state index contributed by atoms with van der Waals surface area (Å²) in [6.45, 7) is 5.83. The number of aliphatic carboxylic acids is 1. The van der Waals surface area contributed by atoms with Gasteiger partial charge in [0.25, 0.3) is 0 Å². The maximum atomic E-state index is 11.8. The Kier molecular flexibility index (Phi) is 7.14. The lowest BCUT2D eigenvalue weighted by Gasteiger charge is -2.16. The van der Waals surface area contributed by atoms with E-state index in [4.69, 9.17) is 5.11 Å². The van der Waals surface area contributed by atoms with Crippen molar-refractivity contribution in [3.8, 4) is 0 Å². The molecule has 1 rings (SSSR count). The van der Waals surface area contributed by atoms with E-state index in [0.29, 0.717) is 12.8 Å². The zero-order valence-corrected chi connectivity index (χ0v) is 13.5. The van der Waals surface area contributed by atoms with Crippen LogP contribution in [-0.2, 0) is 11.2 Å². The molecule has 0 saturated carbocycles. The van der Waals surface area contributed by atoms with Gasteiger partial charge in [-0.25, -0.2) is 9.78 Å². The predicted molar refractivity (Wildman–Crippen MR) is 82.5 cm³/mol. The molecule has 0 fully saturated rings. The number of thiazole rings is 1. The Morgan fingerprint density at radius 3 is 2.67 bits per heavy atom. The highest BCUT2D eigenvalue weighted by Crippen LogP contribution is 2.20. The third kappa shape index (κ3) is 6.57. The summed E-state index contributed by atoms with van der Waals surface area (Å²) in [6, 6.07) is -0.445. The van der Waals surface area contributed by atoms with Gasteiger partial charge in [0.05, 0.1) is 6.04 Å². The second-order valence-corrected chi connectivity index (χ2v) is 6.19. The van der Waals surface area contributed by atoms with Gasteiger partial charge in [0, 0.05) is 23.5 Å². The zero-order chi connectivity index (χ0) is 15.8. The van der Waals surface area contributed by atoms with Gasteiger partial charge < -0.3 is 15.7 Å². The minimum atomic E-state index is -0.809. The third-order valence-electron chi connectivity index (χ3n) is 3.04. The summed E-state index contributed by atoms with van der Waals surface area (Å²) in [5.74, 6) is -0.809. The number of amides is 2. The van der Waals surface area contributed by atoms with E-state index in [-0.39, 0.29) is 24.5 Å². The van der Waals surface area contributed by atoms with Crippen LogP contribution in [-0.4, -0.2) is 28.1 Å². The molecule has 0 aliphatic rings. The molecular weight excluding hydrogens is 290 g/mol. The molecule has 6 nitrogen and oxygen atoms in total. The number of aryl methyl sites for hydroxylation is 1. The van der Waals surface area contributed by atoms with Crippen molar-refractivity contribution in [3.05, 3.63) is 16.1 Å². The molecule has 1 heterocycles. The first kappa shape index (κ1) is 17.4. The van der Waals surface area contributed by atoms with Gasteiger partial charge in [0.15, 0.2) is 0 Å². The van der Waals surface area contributed by atoms with Crippen LogP contribution in [0.2, 0.25) is 0 Å². The van der Waals surface area contributed by atoms with E-state index in [0.717, 1.165) is 11.4 Å². The molecule has 0 aliphatic heterocycles. The molecule has 0 aromatic carbocycles. The van der Waals surface area contributed by atoms with Crippen LogP contribution in [0, 0.1) is 0 Å². The van der Waals surface area contributed by atoms with Gasteiger partial charge in [0.2, 0.25) is 0 Å². The number of nitrogens with one attached hydrogen (secondary N) is 2. The number of aromatic nitrogens is 1. The molecule has 0 spiro atoms.